The van der Waals surface area contributed by atoms with Gasteiger partial charge in [-0.1, -0.05) is 25.1 Å². The molecule has 0 aliphatic rings. The molecular weight excluding hydrogens is 304 g/mol. The predicted molar refractivity (Wildman–Crippen MR) is 88.3 cm³/mol. The van der Waals surface area contributed by atoms with Crippen LogP contribution in [0.25, 0.3) is 0 Å². The standard InChI is InChI=1S/C15H20N2O2S2/c1-3-9-16-11-14-10-15(12(2)20-14)21(18,19)17-13-7-5-4-6-8-13/h4-8,10,16-17H,3,9,11H2,1-2H3. The molecule has 0 radical (unpaired) electrons. The largest absolute Gasteiger partial charge is 0.312 e. The Morgan fingerprint density at radius 3 is 2.57 bits per heavy atom. The molecule has 0 spiro atoms. The monoisotopic (exact) mass is 324 g/mol. The minimum atomic E-state index is -3.52. The summed E-state index contributed by atoms with van der Waals surface area (Å²) >= 11 is 1.52. The summed E-state index contributed by atoms with van der Waals surface area (Å²) in [7, 11) is -3.52. The van der Waals surface area contributed by atoms with Gasteiger partial charge < -0.3 is 5.32 Å². The first-order valence-electron chi connectivity index (χ1n) is 6.91. The molecule has 4 nitrogen and oxygen atoms in total. The number of rotatable bonds is 7. The molecule has 2 N–H and O–H groups in total. The minimum Gasteiger partial charge on any atom is -0.312 e. The van der Waals surface area contributed by atoms with Crippen LogP contribution >= 0.6 is 11.3 Å². The number of benzene rings is 1. The quantitative estimate of drug-likeness (QED) is 0.768. The van der Waals surface area contributed by atoms with Gasteiger partial charge >= 0.3 is 0 Å². The summed E-state index contributed by atoms with van der Waals surface area (Å²) in [5.41, 5.74) is 0.578. The molecule has 6 heteroatoms. The lowest BCUT2D eigenvalue weighted by Crippen LogP contribution is -2.14. The Kier molecular flexibility index (Phi) is 5.39. The first kappa shape index (κ1) is 16.0. The molecule has 0 aliphatic carbocycles. The molecule has 0 amide bonds. The topological polar surface area (TPSA) is 58.2 Å². The van der Waals surface area contributed by atoms with Crippen molar-refractivity contribution >= 4 is 27.0 Å². The van der Waals surface area contributed by atoms with Gasteiger partial charge in [0.05, 0.1) is 0 Å². The van der Waals surface area contributed by atoms with Crippen LogP contribution in [-0.2, 0) is 16.6 Å². The molecule has 2 rings (SSSR count). The number of thiophene rings is 1. The summed E-state index contributed by atoms with van der Waals surface area (Å²) in [5.74, 6) is 0. The Bertz CT molecular complexity index is 679. The maximum absolute atomic E-state index is 12.4. The Balaban J connectivity index is 2.16. The van der Waals surface area contributed by atoms with Crippen molar-refractivity contribution in [2.75, 3.05) is 11.3 Å². The van der Waals surface area contributed by atoms with E-state index in [1.165, 1.54) is 11.3 Å². The number of aryl methyl sites for hydroxylation is 1. The number of para-hydroxylation sites is 1. The maximum Gasteiger partial charge on any atom is 0.263 e. The van der Waals surface area contributed by atoms with E-state index < -0.39 is 10.0 Å². The summed E-state index contributed by atoms with van der Waals surface area (Å²) in [6, 6.07) is 10.7. The SMILES string of the molecule is CCCNCc1cc(S(=O)(=O)Nc2ccccc2)c(C)s1. The molecule has 0 fully saturated rings. The van der Waals surface area contributed by atoms with Crippen LogP contribution in [0.1, 0.15) is 23.1 Å². The van der Waals surface area contributed by atoms with Gasteiger partial charge in [-0.25, -0.2) is 8.42 Å². The molecule has 2 aromatic rings. The van der Waals surface area contributed by atoms with Crippen molar-refractivity contribution in [1.29, 1.82) is 0 Å². The van der Waals surface area contributed by atoms with Crippen molar-refractivity contribution in [3.8, 4) is 0 Å². The number of nitrogens with one attached hydrogen (secondary N) is 2. The van der Waals surface area contributed by atoms with E-state index in [4.69, 9.17) is 0 Å². The second-order valence-electron chi connectivity index (χ2n) is 4.78. The van der Waals surface area contributed by atoms with Crippen LogP contribution in [0.3, 0.4) is 0 Å². The molecule has 0 atom stereocenters. The first-order valence-corrected chi connectivity index (χ1v) is 9.21. The van der Waals surface area contributed by atoms with Crippen LogP contribution in [0.4, 0.5) is 5.69 Å². The van der Waals surface area contributed by atoms with E-state index in [-0.39, 0.29) is 0 Å². The van der Waals surface area contributed by atoms with Crippen molar-refractivity contribution < 1.29 is 8.42 Å². The van der Waals surface area contributed by atoms with Gasteiger partial charge in [-0.3, -0.25) is 4.72 Å². The highest BCUT2D eigenvalue weighted by molar-refractivity contribution is 7.93. The second-order valence-corrected chi connectivity index (χ2v) is 7.77. The average molecular weight is 324 g/mol. The van der Waals surface area contributed by atoms with Gasteiger partial charge in [0.25, 0.3) is 10.0 Å². The van der Waals surface area contributed by atoms with Crippen LogP contribution in [0.15, 0.2) is 41.3 Å². The fourth-order valence-corrected chi connectivity index (χ4v) is 4.65. The summed E-state index contributed by atoms with van der Waals surface area (Å²) < 4.78 is 27.5. The Hall–Kier alpha value is -1.37. The molecular formula is C15H20N2O2S2. The van der Waals surface area contributed by atoms with E-state index >= 15 is 0 Å². The highest BCUT2D eigenvalue weighted by Gasteiger charge is 2.19. The highest BCUT2D eigenvalue weighted by atomic mass is 32.2. The van der Waals surface area contributed by atoms with Crippen molar-refractivity contribution in [1.82, 2.24) is 5.32 Å². The normalized spacial score (nSPS) is 11.5. The van der Waals surface area contributed by atoms with Gasteiger partial charge in [0.15, 0.2) is 0 Å². The third kappa shape index (κ3) is 4.30. The summed E-state index contributed by atoms with van der Waals surface area (Å²) in [5, 5.41) is 3.29. The Morgan fingerprint density at radius 2 is 1.90 bits per heavy atom. The van der Waals surface area contributed by atoms with Crippen molar-refractivity contribution in [3.05, 3.63) is 46.2 Å². The van der Waals surface area contributed by atoms with Gasteiger partial charge in [0.2, 0.25) is 0 Å². The minimum absolute atomic E-state index is 0.365. The molecule has 1 aromatic carbocycles. The fraction of sp³-hybridized carbons (Fsp3) is 0.333. The molecule has 1 aromatic heterocycles. The van der Waals surface area contributed by atoms with Crippen LogP contribution in [-0.4, -0.2) is 15.0 Å². The molecule has 0 aliphatic heterocycles. The highest BCUT2D eigenvalue weighted by Crippen LogP contribution is 2.27. The fourth-order valence-electron chi connectivity index (χ4n) is 1.98. The van der Waals surface area contributed by atoms with Crippen molar-refractivity contribution in [2.45, 2.75) is 31.7 Å². The zero-order valence-corrected chi connectivity index (χ0v) is 13.9. The van der Waals surface area contributed by atoms with E-state index in [0.717, 1.165) is 22.7 Å². The van der Waals surface area contributed by atoms with Gasteiger partial charge in [0.1, 0.15) is 4.90 Å². The van der Waals surface area contributed by atoms with Crippen LogP contribution in [0, 0.1) is 6.92 Å². The predicted octanol–water partition coefficient (Wildman–Crippen LogP) is 3.36. The number of sulfonamides is 1. The lowest BCUT2D eigenvalue weighted by atomic mass is 10.3. The third-order valence-corrected chi connectivity index (χ3v) is 5.65. The lowest BCUT2D eigenvalue weighted by molar-refractivity contribution is 0.601. The molecule has 0 saturated heterocycles. The zero-order valence-electron chi connectivity index (χ0n) is 12.2. The Morgan fingerprint density at radius 1 is 1.19 bits per heavy atom. The average Bonchev–Trinajstić information content (AvgIpc) is 2.82. The van der Waals surface area contributed by atoms with E-state index in [9.17, 15) is 8.42 Å². The third-order valence-electron chi connectivity index (χ3n) is 2.96. The van der Waals surface area contributed by atoms with E-state index in [1.54, 1.807) is 30.3 Å². The number of hydrogen-bond donors (Lipinski definition) is 2. The number of anilines is 1. The second kappa shape index (κ2) is 7.06. The van der Waals surface area contributed by atoms with Crippen molar-refractivity contribution in [3.63, 3.8) is 0 Å². The van der Waals surface area contributed by atoms with Crippen LogP contribution < -0.4 is 10.0 Å². The van der Waals surface area contributed by atoms with Gasteiger partial charge in [-0.2, -0.15) is 0 Å². The van der Waals surface area contributed by atoms with E-state index in [2.05, 4.69) is 17.0 Å². The molecule has 1 heterocycles. The summed E-state index contributed by atoms with van der Waals surface area (Å²) in [6.45, 7) is 5.58. The van der Waals surface area contributed by atoms with E-state index in [1.807, 2.05) is 13.0 Å². The molecule has 0 unspecified atom stereocenters. The number of hydrogen-bond acceptors (Lipinski definition) is 4. The van der Waals surface area contributed by atoms with Gasteiger partial charge in [0, 0.05) is 22.0 Å². The Labute approximate surface area is 130 Å². The van der Waals surface area contributed by atoms with E-state index in [0.29, 0.717) is 17.1 Å². The zero-order chi connectivity index (χ0) is 15.3. The van der Waals surface area contributed by atoms with Gasteiger partial charge in [-0.15, -0.1) is 11.3 Å². The molecule has 0 saturated carbocycles. The van der Waals surface area contributed by atoms with Gasteiger partial charge in [-0.05, 0) is 38.1 Å². The molecule has 0 bridgehead atoms. The van der Waals surface area contributed by atoms with Crippen molar-refractivity contribution in [2.24, 2.45) is 0 Å². The molecule has 21 heavy (non-hydrogen) atoms. The molecule has 114 valence electrons. The first-order chi connectivity index (χ1) is 10.0. The van der Waals surface area contributed by atoms with Crippen LogP contribution in [0.5, 0.6) is 0 Å². The maximum atomic E-state index is 12.4. The lowest BCUT2D eigenvalue weighted by Gasteiger charge is -2.07. The summed E-state index contributed by atoms with van der Waals surface area (Å²) in [6.07, 6.45) is 1.06. The summed E-state index contributed by atoms with van der Waals surface area (Å²) in [4.78, 5) is 2.21. The smallest absolute Gasteiger partial charge is 0.263 e. The van der Waals surface area contributed by atoms with Crippen LogP contribution in [0.2, 0.25) is 0 Å².